The van der Waals surface area contributed by atoms with E-state index in [4.69, 9.17) is 19.7 Å². The number of aromatic hydroxyl groups is 2. The molecule has 0 spiro atoms. The molecular formula is C16H12O6. The summed E-state index contributed by atoms with van der Waals surface area (Å²) in [6.45, 7) is 0. The van der Waals surface area contributed by atoms with Crippen LogP contribution in [0, 0.1) is 0 Å². The molecule has 0 heterocycles. The van der Waals surface area contributed by atoms with Crippen molar-refractivity contribution in [1.29, 1.82) is 0 Å². The fourth-order valence-electron chi connectivity index (χ4n) is 1.46. The molecule has 2 N–H and O–H groups in total. The highest BCUT2D eigenvalue weighted by atomic mass is 16.5. The molecule has 2 rings (SSSR count). The van der Waals surface area contributed by atoms with Crippen LogP contribution in [0.1, 0.15) is 0 Å². The van der Waals surface area contributed by atoms with E-state index in [2.05, 4.69) is 0 Å². The van der Waals surface area contributed by atoms with E-state index in [0.717, 1.165) is 12.2 Å². The van der Waals surface area contributed by atoms with Gasteiger partial charge >= 0.3 is 11.9 Å². The highest BCUT2D eigenvalue weighted by molar-refractivity contribution is 5.93. The molecule has 0 atom stereocenters. The van der Waals surface area contributed by atoms with Crippen LogP contribution >= 0.6 is 0 Å². The molecule has 0 unspecified atom stereocenters. The summed E-state index contributed by atoms with van der Waals surface area (Å²) >= 11 is 0. The second-order valence-electron chi connectivity index (χ2n) is 4.16. The first-order valence-electron chi connectivity index (χ1n) is 6.23. The van der Waals surface area contributed by atoms with Crippen molar-refractivity contribution < 1.29 is 29.3 Å². The maximum absolute atomic E-state index is 11.5. The molecule has 0 aliphatic carbocycles. The van der Waals surface area contributed by atoms with Gasteiger partial charge in [0.05, 0.1) is 0 Å². The zero-order chi connectivity index (χ0) is 15.9. The Morgan fingerprint density at radius 2 is 1.00 bits per heavy atom. The van der Waals surface area contributed by atoms with E-state index in [-0.39, 0.29) is 23.0 Å². The van der Waals surface area contributed by atoms with Gasteiger partial charge in [-0.05, 0) is 48.5 Å². The summed E-state index contributed by atoms with van der Waals surface area (Å²) in [5.74, 6) is -0.943. The quantitative estimate of drug-likeness (QED) is 0.510. The summed E-state index contributed by atoms with van der Waals surface area (Å²) in [4.78, 5) is 23.0. The third-order valence-electron chi connectivity index (χ3n) is 2.47. The molecule has 0 saturated carbocycles. The molecule has 112 valence electrons. The van der Waals surface area contributed by atoms with Crippen LogP contribution in [0.25, 0.3) is 0 Å². The number of carbonyl (C=O) groups excluding carboxylic acids is 2. The number of carbonyl (C=O) groups is 2. The molecule has 0 radical (unpaired) electrons. The third kappa shape index (κ3) is 4.68. The number of hydrogen-bond acceptors (Lipinski definition) is 6. The Morgan fingerprint density at radius 3 is 1.32 bits per heavy atom. The minimum Gasteiger partial charge on any atom is -0.508 e. The first kappa shape index (κ1) is 15.1. The van der Waals surface area contributed by atoms with E-state index in [9.17, 15) is 9.59 Å². The summed E-state index contributed by atoms with van der Waals surface area (Å²) in [5, 5.41) is 18.2. The van der Waals surface area contributed by atoms with Gasteiger partial charge < -0.3 is 19.7 Å². The summed E-state index contributed by atoms with van der Waals surface area (Å²) in [6.07, 6.45) is 1.85. The van der Waals surface area contributed by atoms with Crippen LogP contribution in [-0.2, 0) is 9.59 Å². The van der Waals surface area contributed by atoms with Gasteiger partial charge in [-0.3, -0.25) is 0 Å². The first-order valence-corrected chi connectivity index (χ1v) is 6.23. The lowest BCUT2D eigenvalue weighted by Gasteiger charge is -2.02. The summed E-state index contributed by atoms with van der Waals surface area (Å²) in [6, 6.07) is 11.1. The lowest BCUT2D eigenvalue weighted by molar-refractivity contribution is -0.131. The van der Waals surface area contributed by atoms with Crippen LogP contribution < -0.4 is 9.47 Å². The fourth-order valence-corrected chi connectivity index (χ4v) is 1.46. The van der Waals surface area contributed by atoms with Gasteiger partial charge in [0, 0.05) is 12.2 Å². The summed E-state index contributed by atoms with van der Waals surface area (Å²) in [5.41, 5.74) is 0. The van der Waals surface area contributed by atoms with Gasteiger partial charge in [0.25, 0.3) is 0 Å². The van der Waals surface area contributed by atoms with Gasteiger partial charge in [-0.15, -0.1) is 0 Å². The first-order chi connectivity index (χ1) is 10.5. The SMILES string of the molecule is O=C(C=CC(=O)Oc1ccc(O)cc1)Oc1ccc(O)cc1. The minimum absolute atomic E-state index is 0.0489. The van der Waals surface area contributed by atoms with E-state index in [1.54, 1.807) is 0 Å². The maximum atomic E-state index is 11.5. The second kappa shape index (κ2) is 6.94. The van der Waals surface area contributed by atoms with Crippen LogP contribution in [-0.4, -0.2) is 22.2 Å². The van der Waals surface area contributed by atoms with Crippen molar-refractivity contribution in [3.8, 4) is 23.0 Å². The van der Waals surface area contributed by atoms with Crippen molar-refractivity contribution >= 4 is 11.9 Å². The number of hydrogen-bond donors (Lipinski definition) is 2. The number of benzene rings is 2. The predicted molar refractivity (Wildman–Crippen MR) is 76.6 cm³/mol. The number of rotatable bonds is 4. The maximum Gasteiger partial charge on any atom is 0.336 e. The average Bonchev–Trinajstić information content (AvgIpc) is 2.50. The molecule has 0 aliphatic heterocycles. The Hall–Kier alpha value is -3.28. The van der Waals surface area contributed by atoms with E-state index in [1.807, 2.05) is 0 Å². The number of phenols is 2. The Bertz CT molecular complexity index is 624. The van der Waals surface area contributed by atoms with Crippen molar-refractivity contribution in [3.05, 3.63) is 60.7 Å². The normalized spacial score (nSPS) is 10.4. The van der Waals surface area contributed by atoms with E-state index in [1.165, 1.54) is 48.5 Å². The molecule has 22 heavy (non-hydrogen) atoms. The van der Waals surface area contributed by atoms with Gasteiger partial charge in [-0.2, -0.15) is 0 Å². The van der Waals surface area contributed by atoms with Gasteiger partial charge in [-0.25, -0.2) is 9.59 Å². The lowest BCUT2D eigenvalue weighted by Crippen LogP contribution is -2.08. The smallest absolute Gasteiger partial charge is 0.336 e. The zero-order valence-electron chi connectivity index (χ0n) is 11.3. The van der Waals surface area contributed by atoms with Crippen molar-refractivity contribution in [2.24, 2.45) is 0 Å². The standard InChI is InChI=1S/C16H12O6/c17-11-1-5-13(6-2-11)21-15(19)9-10-16(20)22-14-7-3-12(18)4-8-14/h1-10,17-18H. The van der Waals surface area contributed by atoms with Gasteiger partial charge in [0.1, 0.15) is 23.0 Å². The van der Waals surface area contributed by atoms with E-state index in [0.29, 0.717) is 0 Å². The second-order valence-corrected chi connectivity index (χ2v) is 4.16. The highest BCUT2D eigenvalue weighted by Crippen LogP contribution is 2.17. The van der Waals surface area contributed by atoms with E-state index < -0.39 is 11.9 Å². The van der Waals surface area contributed by atoms with Gasteiger partial charge in [-0.1, -0.05) is 0 Å². The average molecular weight is 300 g/mol. The summed E-state index contributed by atoms with van der Waals surface area (Å²) in [7, 11) is 0. The number of phenolic OH excluding ortho intramolecular Hbond substituents is 2. The van der Waals surface area contributed by atoms with Crippen LogP contribution in [0.3, 0.4) is 0 Å². The topological polar surface area (TPSA) is 93.1 Å². The predicted octanol–water partition coefficient (Wildman–Crippen LogP) is 2.17. The van der Waals surface area contributed by atoms with Crippen LogP contribution in [0.4, 0.5) is 0 Å². The zero-order valence-corrected chi connectivity index (χ0v) is 11.3. The van der Waals surface area contributed by atoms with Crippen molar-refractivity contribution in [3.63, 3.8) is 0 Å². The molecule has 0 saturated heterocycles. The Kier molecular flexibility index (Phi) is 4.77. The highest BCUT2D eigenvalue weighted by Gasteiger charge is 2.04. The Balaban J connectivity index is 1.87. The molecule has 0 bridgehead atoms. The Morgan fingerprint density at radius 1 is 0.682 bits per heavy atom. The third-order valence-corrected chi connectivity index (χ3v) is 2.47. The molecule has 2 aromatic rings. The summed E-state index contributed by atoms with van der Waals surface area (Å²) < 4.78 is 9.82. The van der Waals surface area contributed by atoms with Gasteiger partial charge in [0.2, 0.25) is 0 Å². The Labute approximate surface area is 125 Å². The van der Waals surface area contributed by atoms with Crippen molar-refractivity contribution in [2.75, 3.05) is 0 Å². The molecule has 0 fully saturated rings. The number of esters is 2. The number of ether oxygens (including phenoxy) is 2. The van der Waals surface area contributed by atoms with E-state index >= 15 is 0 Å². The van der Waals surface area contributed by atoms with Crippen LogP contribution in [0.15, 0.2) is 60.7 Å². The molecular weight excluding hydrogens is 288 g/mol. The molecule has 0 aromatic heterocycles. The van der Waals surface area contributed by atoms with Crippen molar-refractivity contribution in [1.82, 2.24) is 0 Å². The monoisotopic (exact) mass is 300 g/mol. The molecule has 0 aliphatic rings. The fraction of sp³-hybridized carbons (Fsp3) is 0. The largest absolute Gasteiger partial charge is 0.508 e. The lowest BCUT2D eigenvalue weighted by atomic mass is 10.3. The molecule has 0 amide bonds. The van der Waals surface area contributed by atoms with Gasteiger partial charge in [0.15, 0.2) is 0 Å². The molecule has 2 aromatic carbocycles. The minimum atomic E-state index is -0.756. The van der Waals surface area contributed by atoms with Crippen LogP contribution in [0.2, 0.25) is 0 Å². The molecule has 6 nitrogen and oxygen atoms in total. The van der Waals surface area contributed by atoms with Crippen molar-refractivity contribution in [2.45, 2.75) is 0 Å². The molecule has 6 heteroatoms. The van der Waals surface area contributed by atoms with Crippen LogP contribution in [0.5, 0.6) is 23.0 Å².